The van der Waals surface area contributed by atoms with E-state index in [1.54, 1.807) is 20.8 Å². The Bertz CT molecular complexity index is 435. The van der Waals surface area contributed by atoms with Crippen molar-refractivity contribution in [1.29, 1.82) is 0 Å². The fourth-order valence-electron chi connectivity index (χ4n) is 1.06. The minimum atomic E-state index is -3.77. The van der Waals surface area contributed by atoms with E-state index < -0.39 is 45.3 Å². The second-order valence-corrected chi connectivity index (χ2v) is 7.66. The van der Waals surface area contributed by atoms with Crippen molar-refractivity contribution in [3.8, 4) is 0 Å². The average Bonchev–Trinajstić information content (AvgIpc) is 2.12. The van der Waals surface area contributed by atoms with E-state index >= 15 is 0 Å². The molecule has 0 radical (unpaired) electrons. The number of hydrogen-bond acceptors (Lipinski definition) is 5. The topological polar surface area (TPSA) is 110 Å². The molecule has 0 unspecified atom stereocenters. The van der Waals surface area contributed by atoms with Crippen LogP contribution in [0.15, 0.2) is 0 Å². The molecule has 0 saturated carbocycles. The average molecular weight is 295 g/mol. The Morgan fingerprint density at radius 1 is 1.26 bits per heavy atom. The molecule has 0 bridgehead atoms. The summed E-state index contributed by atoms with van der Waals surface area (Å²) in [6.07, 6.45) is -0.557. The van der Waals surface area contributed by atoms with Crippen molar-refractivity contribution in [3.63, 3.8) is 0 Å². The quantitative estimate of drug-likeness (QED) is 0.690. The van der Waals surface area contributed by atoms with Gasteiger partial charge in [-0.05, 0) is 34.6 Å². The van der Waals surface area contributed by atoms with Gasteiger partial charge in [-0.15, -0.1) is 0 Å². The smallest absolute Gasteiger partial charge is 0.322 e. The molecule has 0 aromatic carbocycles. The van der Waals surface area contributed by atoms with Crippen molar-refractivity contribution in [2.75, 3.05) is 0 Å². The number of sulfonamides is 1. The van der Waals surface area contributed by atoms with Crippen LogP contribution >= 0.6 is 0 Å². The molecule has 0 aliphatic heterocycles. The predicted octanol–water partition coefficient (Wildman–Crippen LogP) is 0.499. The summed E-state index contributed by atoms with van der Waals surface area (Å²) in [6.45, 7) is 7.74. The summed E-state index contributed by atoms with van der Waals surface area (Å²) in [5.74, 6) is -2.19. The molecule has 0 fully saturated rings. The molecule has 0 aromatic rings. The Morgan fingerprint density at radius 2 is 1.74 bits per heavy atom. The first-order valence-corrected chi connectivity index (χ1v) is 7.35. The highest BCUT2D eigenvalue weighted by Crippen LogP contribution is 2.10. The van der Waals surface area contributed by atoms with Gasteiger partial charge in [-0.3, -0.25) is 9.59 Å². The van der Waals surface area contributed by atoms with Gasteiger partial charge in [0.2, 0.25) is 10.0 Å². The van der Waals surface area contributed by atoms with E-state index in [0.29, 0.717) is 0 Å². The van der Waals surface area contributed by atoms with E-state index in [0.717, 1.165) is 0 Å². The fourth-order valence-corrected chi connectivity index (χ4v) is 1.92. The Morgan fingerprint density at radius 3 is 2.05 bits per heavy atom. The molecule has 0 spiro atoms. The van der Waals surface area contributed by atoms with Gasteiger partial charge >= 0.3 is 11.9 Å². The van der Waals surface area contributed by atoms with Gasteiger partial charge in [0.15, 0.2) is 0 Å². The van der Waals surface area contributed by atoms with Crippen molar-refractivity contribution >= 4 is 22.0 Å². The minimum absolute atomic E-state index is 0.557. The standard InChI is InChI=1S/C11H21NO6S/c1-7(2)19(16,17)12-8(10(14)15)6-9(13)18-11(3,4)5/h7-8,12H,6H2,1-5H3,(H,14,15)/t8-/m0/s1. The van der Waals surface area contributed by atoms with Crippen LogP contribution in [0, 0.1) is 0 Å². The van der Waals surface area contributed by atoms with E-state index in [1.165, 1.54) is 13.8 Å². The third kappa shape index (κ3) is 7.12. The van der Waals surface area contributed by atoms with E-state index in [4.69, 9.17) is 9.84 Å². The first-order valence-electron chi connectivity index (χ1n) is 5.81. The van der Waals surface area contributed by atoms with Gasteiger partial charge in [0, 0.05) is 0 Å². The lowest BCUT2D eigenvalue weighted by Gasteiger charge is -2.21. The molecule has 0 heterocycles. The van der Waals surface area contributed by atoms with Crippen LogP contribution in [0.2, 0.25) is 0 Å². The minimum Gasteiger partial charge on any atom is -0.480 e. The lowest BCUT2D eigenvalue weighted by molar-refractivity contribution is -0.158. The number of esters is 1. The van der Waals surface area contributed by atoms with Crippen molar-refractivity contribution in [1.82, 2.24) is 4.72 Å². The van der Waals surface area contributed by atoms with Gasteiger partial charge in [-0.1, -0.05) is 0 Å². The lowest BCUT2D eigenvalue weighted by atomic mass is 10.2. The maximum atomic E-state index is 11.6. The Balaban J connectivity index is 4.79. The van der Waals surface area contributed by atoms with Crippen LogP contribution < -0.4 is 4.72 Å². The van der Waals surface area contributed by atoms with E-state index in [-0.39, 0.29) is 0 Å². The molecule has 0 aliphatic rings. The van der Waals surface area contributed by atoms with Crippen molar-refractivity contribution in [2.45, 2.75) is 57.9 Å². The van der Waals surface area contributed by atoms with E-state index in [2.05, 4.69) is 0 Å². The summed E-state index contributed by atoms with van der Waals surface area (Å²) in [4.78, 5) is 22.5. The van der Waals surface area contributed by atoms with Crippen LogP contribution in [0.25, 0.3) is 0 Å². The number of rotatable bonds is 6. The van der Waals surface area contributed by atoms with Crippen molar-refractivity contribution < 1.29 is 27.9 Å². The number of ether oxygens (including phenoxy) is 1. The van der Waals surface area contributed by atoms with Crippen molar-refractivity contribution in [2.24, 2.45) is 0 Å². The fraction of sp³-hybridized carbons (Fsp3) is 0.818. The second kappa shape index (κ2) is 6.33. The number of carboxylic acids is 1. The first-order chi connectivity index (χ1) is 8.35. The van der Waals surface area contributed by atoms with Crippen molar-refractivity contribution in [3.05, 3.63) is 0 Å². The maximum Gasteiger partial charge on any atom is 0.322 e. The van der Waals surface area contributed by atoms with Crippen LogP contribution in [0.3, 0.4) is 0 Å². The number of nitrogens with one attached hydrogen (secondary N) is 1. The molecule has 0 aliphatic carbocycles. The van der Waals surface area contributed by atoms with Crippen LogP contribution in [-0.2, 0) is 24.3 Å². The van der Waals surface area contributed by atoms with Gasteiger partial charge < -0.3 is 9.84 Å². The second-order valence-electron chi connectivity index (χ2n) is 5.39. The van der Waals surface area contributed by atoms with Gasteiger partial charge in [-0.2, -0.15) is 0 Å². The summed E-state index contributed by atoms with van der Waals surface area (Å²) in [5, 5.41) is 8.15. The van der Waals surface area contributed by atoms with Gasteiger partial charge in [0.25, 0.3) is 0 Å². The summed E-state index contributed by atoms with van der Waals surface area (Å²) in [6, 6.07) is -1.53. The summed E-state index contributed by atoms with van der Waals surface area (Å²) >= 11 is 0. The maximum absolute atomic E-state index is 11.6. The molecule has 0 aromatic heterocycles. The largest absolute Gasteiger partial charge is 0.480 e. The molecule has 0 rings (SSSR count). The van der Waals surface area contributed by atoms with Gasteiger partial charge in [0.1, 0.15) is 11.6 Å². The highest BCUT2D eigenvalue weighted by molar-refractivity contribution is 7.90. The highest BCUT2D eigenvalue weighted by Gasteiger charge is 2.30. The summed E-state index contributed by atoms with van der Waals surface area (Å²) < 4.78 is 30.1. The first kappa shape index (κ1) is 17.8. The molecule has 1 atom stereocenters. The van der Waals surface area contributed by atoms with Gasteiger partial charge in [-0.25, -0.2) is 13.1 Å². The number of hydrogen-bond donors (Lipinski definition) is 2. The van der Waals surface area contributed by atoms with Crippen LogP contribution in [-0.4, -0.2) is 42.4 Å². The third-order valence-electron chi connectivity index (χ3n) is 2.02. The predicted molar refractivity (Wildman–Crippen MR) is 69.1 cm³/mol. The molecule has 8 heteroatoms. The van der Waals surface area contributed by atoms with Crippen LogP contribution in [0.5, 0.6) is 0 Å². The Labute approximate surface area is 113 Å². The molecular weight excluding hydrogens is 274 g/mol. The molecule has 2 N–H and O–H groups in total. The SMILES string of the molecule is CC(C)S(=O)(=O)N[C@@H](CC(=O)OC(C)(C)C)C(=O)O. The number of aliphatic carboxylic acids is 1. The number of carbonyl (C=O) groups excluding carboxylic acids is 1. The lowest BCUT2D eigenvalue weighted by Crippen LogP contribution is -2.45. The zero-order valence-corrected chi connectivity index (χ0v) is 12.6. The molecule has 0 saturated heterocycles. The Hall–Kier alpha value is -1.15. The number of carboxylic acid groups (broad SMARTS) is 1. The third-order valence-corrected chi connectivity index (χ3v) is 3.87. The highest BCUT2D eigenvalue weighted by atomic mass is 32.2. The van der Waals surface area contributed by atoms with Crippen LogP contribution in [0.4, 0.5) is 0 Å². The van der Waals surface area contributed by atoms with Gasteiger partial charge in [0.05, 0.1) is 11.7 Å². The van der Waals surface area contributed by atoms with Crippen LogP contribution in [0.1, 0.15) is 41.0 Å². The molecule has 7 nitrogen and oxygen atoms in total. The zero-order valence-electron chi connectivity index (χ0n) is 11.8. The zero-order chi connectivity index (χ0) is 15.4. The number of carbonyl (C=O) groups is 2. The summed E-state index contributed by atoms with van der Waals surface area (Å²) in [7, 11) is -3.77. The monoisotopic (exact) mass is 295 g/mol. The molecule has 112 valence electrons. The molecule has 0 amide bonds. The van der Waals surface area contributed by atoms with E-state index in [9.17, 15) is 18.0 Å². The molecular formula is C11H21NO6S. The summed E-state index contributed by atoms with van der Waals surface area (Å²) in [5.41, 5.74) is -0.753. The normalized spacial score (nSPS) is 14.2. The van der Waals surface area contributed by atoms with E-state index in [1.807, 2.05) is 4.72 Å². The Kier molecular flexibility index (Phi) is 5.95. The molecule has 19 heavy (non-hydrogen) atoms.